The average Bonchev–Trinajstić information content (AvgIpc) is 2.54. The van der Waals surface area contributed by atoms with Gasteiger partial charge in [-0.05, 0) is 40.8 Å². The summed E-state index contributed by atoms with van der Waals surface area (Å²) < 4.78 is 6.21. The Balaban J connectivity index is 1.72. The number of halogens is 1. The predicted octanol–water partition coefficient (Wildman–Crippen LogP) is 1.48. The number of ether oxygens (including phenoxy) is 1. The van der Waals surface area contributed by atoms with E-state index in [-0.39, 0.29) is 17.2 Å². The van der Waals surface area contributed by atoms with Gasteiger partial charge in [-0.15, -0.1) is 0 Å². The van der Waals surface area contributed by atoms with E-state index in [1.807, 2.05) is 12.1 Å². The van der Waals surface area contributed by atoms with Crippen LogP contribution in [0.5, 0.6) is 0 Å². The van der Waals surface area contributed by atoms with Crippen LogP contribution in [0.4, 0.5) is 0 Å². The molecule has 0 bridgehead atoms. The normalized spacial score (nSPS) is 15.2. The molecule has 1 saturated heterocycles. The zero-order valence-corrected chi connectivity index (χ0v) is 14.6. The van der Waals surface area contributed by atoms with Crippen molar-refractivity contribution in [1.29, 1.82) is 0 Å². The molecule has 1 aliphatic rings. The number of nitrogens with zero attached hydrogens (tertiary/aromatic N) is 2. The lowest BCUT2D eigenvalue weighted by atomic mass is 10.2. The molecular weight excluding hydrogens is 417 g/mol. The second kappa shape index (κ2) is 6.97. The third-order valence-electron chi connectivity index (χ3n) is 3.34. The molecule has 0 radical (unpaired) electrons. The van der Waals surface area contributed by atoms with Crippen LogP contribution in [0.25, 0.3) is 10.9 Å². The molecule has 6 nitrogen and oxygen atoms in total. The van der Waals surface area contributed by atoms with Crippen molar-refractivity contribution >= 4 is 51.2 Å². The number of carbonyl (C=O) groups excluding carboxylic acids is 1. The quantitative estimate of drug-likeness (QED) is 0.453. The second-order valence-electron chi connectivity index (χ2n) is 4.81. The number of aromatic amines is 1. The number of rotatable bonds is 3. The van der Waals surface area contributed by atoms with Crippen molar-refractivity contribution in [2.24, 2.45) is 0 Å². The van der Waals surface area contributed by atoms with Crippen molar-refractivity contribution in [3.8, 4) is 0 Å². The summed E-state index contributed by atoms with van der Waals surface area (Å²) in [4.78, 5) is 33.1. The monoisotopic (exact) mass is 431 g/mol. The molecule has 0 aliphatic carbocycles. The van der Waals surface area contributed by atoms with Crippen LogP contribution in [0.15, 0.2) is 28.2 Å². The van der Waals surface area contributed by atoms with Gasteiger partial charge in [0.1, 0.15) is 0 Å². The lowest BCUT2D eigenvalue weighted by molar-refractivity contribution is -0.132. The number of benzene rings is 1. The maximum absolute atomic E-state index is 12.1. The van der Waals surface area contributed by atoms with Crippen molar-refractivity contribution in [1.82, 2.24) is 14.9 Å². The Kier molecular flexibility index (Phi) is 4.99. The van der Waals surface area contributed by atoms with Gasteiger partial charge in [-0.3, -0.25) is 9.59 Å². The fraction of sp³-hybridized carbons (Fsp3) is 0.357. The van der Waals surface area contributed by atoms with Crippen LogP contribution in [0.1, 0.15) is 0 Å². The van der Waals surface area contributed by atoms with Crippen LogP contribution in [-0.2, 0) is 9.53 Å². The highest BCUT2D eigenvalue weighted by Gasteiger charge is 2.17. The van der Waals surface area contributed by atoms with Crippen LogP contribution < -0.4 is 5.56 Å². The Labute approximate surface area is 144 Å². The average molecular weight is 431 g/mol. The predicted molar refractivity (Wildman–Crippen MR) is 93.2 cm³/mol. The zero-order chi connectivity index (χ0) is 15.5. The first-order chi connectivity index (χ1) is 10.6. The summed E-state index contributed by atoms with van der Waals surface area (Å²) in [6.07, 6.45) is 0. The molecule has 0 atom stereocenters. The number of aromatic nitrogens is 2. The third kappa shape index (κ3) is 3.61. The molecule has 0 unspecified atom stereocenters. The Morgan fingerprint density at radius 1 is 1.41 bits per heavy atom. The minimum absolute atomic E-state index is 0.0404. The Morgan fingerprint density at radius 3 is 2.95 bits per heavy atom. The van der Waals surface area contributed by atoms with E-state index in [0.29, 0.717) is 42.4 Å². The molecule has 2 aromatic rings. The van der Waals surface area contributed by atoms with E-state index < -0.39 is 0 Å². The van der Waals surface area contributed by atoms with E-state index in [1.165, 1.54) is 11.8 Å². The number of hydrogen-bond acceptors (Lipinski definition) is 5. The first kappa shape index (κ1) is 15.8. The molecule has 3 rings (SSSR count). The molecule has 1 fully saturated rings. The van der Waals surface area contributed by atoms with Crippen LogP contribution in [0.2, 0.25) is 0 Å². The minimum atomic E-state index is -0.176. The summed E-state index contributed by atoms with van der Waals surface area (Å²) in [6, 6.07) is 5.53. The smallest absolute Gasteiger partial charge is 0.259 e. The highest BCUT2D eigenvalue weighted by molar-refractivity contribution is 14.1. The second-order valence-corrected chi connectivity index (χ2v) is 7.02. The zero-order valence-electron chi connectivity index (χ0n) is 11.7. The molecule has 1 aliphatic heterocycles. The van der Waals surface area contributed by atoms with Gasteiger partial charge in [0, 0.05) is 16.7 Å². The van der Waals surface area contributed by atoms with Crippen LogP contribution in [0, 0.1) is 3.57 Å². The molecule has 1 aromatic carbocycles. The van der Waals surface area contributed by atoms with Crippen LogP contribution in [-0.4, -0.2) is 52.8 Å². The molecule has 8 heteroatoms. The molecule has 0 spiro atoms. The number of thioether (sulfide) groups is 1. The molecule has 1 N–H and O–H groups in total. The van der Waals surface area contributed by atoms with Gasteiger partial charge in [-0.25, -0.2) is 4.98 Å². The molecule has 2 heterocycles. The lowest BCUT2D eigenvalue weighted by Gasteiger charge is -2.26. The van der Waals surface area contributed by atoms with E-state index in [1.54, 1.807) is 11.0 Å². The largest absolute Gasteiger partial charge is 0.378 e. The van der Waals surface area contributed by atoms with E-state index in [2.05, 4.69) is 32.6 Å². The van der Waals surface area contributed by atoms with E-state index in [4.69, 9.17) is 4.74 Å². The van der Waals surface area contributed by atoms with Gasteiger partial charge >= 0.3 is 0 Å². The molecule has 1 aromatic heterocycles. The summed E-state index contributed by atoms with van der Waals surface area (Å²) >= 11 is 3.41. The van der Waals surface area contributed by atoms with Gasteiger partial charge < -0.3 is 14.6 Å². The molecule has 116 valence electrons. The molecule has 0 saturated carbocycles. The Hall–Kier alpha value is -1.13. The number of amides is 1. The summed E-state index contributed by atoms with van der Waals surface area (Å²) in [5.41, 5.74) is 0.468. The van der Waals surface area contributed by atoms with Crippen molar-refractivity contribution in [3.05, 3.63) is 32.1 Å². The van der Waals surface area contributed by atoms with Gasteiger partial charge in [0.25, 0.3) is 5.56 Å². The Morgan fingerprint density at radius 2 is 2.18 bits per heavy atom. The van der Waals surface area contributed by atoms with Crippen molar-refractivity contribution in [2.45, 2.75) is 5.16 Å². The maximum Gasteiger partial charge on any atom is 0.259 e. The van der Waals surface area contributed by atoms with Gasteiger partial charge in [0.05, 0.1) is 29.9 Å². The van der Waals surface area contributed by atoms with Crippen LogP contribution in [0.3, 0.4) is 0 Å². The van der Waals surface area contributed by atoms with Crippen molar-refractivity contribution in [2.75, 3.05) is 32.1 Å². The first-order valence-electron chi connectivity index (χ1n) is 6.81. The van der Waals surface area contributed by atoms with Gasteiger partial charge in [0.2, 0.25) is 5.91 Å². The standard InChI is InChI=1S/C14H14IN3O3S/c15-9-1-2-11-10(7-9)13(20)17-14(16-11)22-8-12(19)18-3-5-21-6-4-18/h1-2,7H,3-6,8H2,(H,16,17,20). The SMILES string of the molecule is O=C(CSc1nc2ccc(I)cc2c(=O)[nH]1)N1CCOCC1. The number of hydrogen-bond donors (Lipinski definition) is 1. The summed E-state index contributed by atoms with van der Waals surface area (Å²) in [5.74, 6) is 0.303. The highest BCUT2D eigenvalue weighted by Crippen LogP contribution is 2.17. The number of H-pyrrole nitrogens is 1. The van der Waals surface area contributed by atoms with Crippen LogP contribution >= 0.6 is 34.4 Å². The Bertz CT molecular complexity index is 759. The van der Waals surface area contributed by atoms with Gasteiger partial charge in [0.15, 0.2) is 5.16 Å². The first-order valence-corrected chi connectivity index (χ1v) is 8.88. The summed E-state index contributed by atoms with van der Waals surface area (Å²) in [5, 5.41) is 1.04. The highest BCUT2D eigenvalue weighted by atomic mass is 127. The van der Waals surface area contributed by atoms with Gasteiger partial charge in [-0.1, -0.05) is 11.8 Å². The summed E-state index contributed by atoms with van der Waals surface area (Å²) in [6.45, 7) is 2.42. The van der Waals surface area contributed by atoms with Crippen molar-refractivity contribution < 1.29 is 9.53 Å². The number of nitrogens with one attached hydrogen (secondary N) is 1. The fourth-order valence-corrected chi connectivity index (χ4v) is 3.45. The summed E-state index contributed by atoms with van der Waals surface area (Å²) in [7, 11) is 0. The van der Waals surface area contributed by atoms with Crippen molar-refractivity contribution in [3.63, 3.8) is 0 Å². The van der Waals surface area contributed by atoms with E-state index in [9.17, 15) is 9.59 Å². The number of morpholine rings is 1. The third-order valence-corrected chi connectivity index (χ3v) is 4.87. The number of carbonyl (C=O) groups is 1. The van der Waals surface area contributed by atoms with E-state index >= 15 is 0 Å². The molecule has 1 amide bonds. The molecular formula is C14H14IN3O3S. The fourth-order valence-electron chi connectivity index (χ4n) is 2.19. The molecule has 22 heavy (non-hydrogen) atoms. The minimum Gasteiger partial charge on any atom is -0.378 e. The van der Waals surface area contributed by atoms with Gasteiger partial charge in [-0.2, -0.15) is 0 Å². The van der Waals surface area contributed by atoms with E-state index in [0.717, 1.165) is 3.57 Å². The topological polar surface area (TPSA) is 75.3 Å². The lowest BCUT2D eigenvalue weighted by Crippen LogP contribution is -2.41. The number of fused-ring (bicyclic) bond motifs is 1. The maximum atomic E-state index is 12.1.